The average molecular weight is 373 g/mol. The molecule has 0 heterocycles. The Kier molecular flexibility index (Phi) is 9.78. The molecule has 1 unspecified atom stereocenters. The van der Waals surface area contributed by atoms with E-state index in [0.29, 0.717) is 18.6 Å². The van der Waals surface area contributed by atoms with Crippen molar-refractivity contribution in [2.24, 2.45) is 11.7 Å². The third-order valence-electron chi connectivity index (χ3n) is 3.47. The maximum atomic E-state index is 12.3. The van der Waals surface area contributed by atoms with Crippen molar-refractivity contribution in [2.45, 2.75) is 23.5 Å². The minimum absolute atomic E-state index is 0.246. The molecule has 3 N–H and O–H groups in total. The summed E-state index contributed by atoms with van der Waals surface area (Å²) < 4.78 is 0.246. The summed E-state index contributed by atoms with van der Waals surface area (Å²) in [6, 6.07) is 9.01. The third kappa shape index (κ3) is 7.20. The predicted octanol–water partition coefficient (Wildman–Crippen LogP) is 2.19. The molecular weight excluding hydrogens is 348 g/mol. The highest BCUT2D eigenvalue weighted by atomic mass is 32.2. The van der Waals surface area contributed by atoms with E-state index < -0.39 is 11.9 Å². The van der Waals surface area contributed by atoms with E-state index in [-0.39, 0.29) is 16.4 Å². The molecule has 0 saturated carbocycles. The lowest BCUT2D eigenvalue weighted by molar-refractivity contribution is -0.133. The second kappa shape index (κ2) is 11.0. The van der Waals surface area contributed by atoms with Crippen LogP contribution in [0.25, 0.3) is 0 Å². The van der Waals surface area contributed by atoms with E-state index in [9.17, 15) is 9.59 Å². The highest BCUT2D eigenvalue weighted by molar-refractivity contribution is 8.16. The Morgan fingerprint density at radius 2 is 1.78 bits per heavy atom. The van der Waals surface area contributed by atoms with Gasteiger partial charge >= 0.3 is 0 Å². The van der Waals surface area contributed by atoms with Crippen molar-refractivity contribution in [2.75, 3.05) is 18.3 Å². The molecule has 23 heavy (non-hydrogen) atoms. The number of amides is 2. The number of carbonyl (C=O) groups excluding carboxylic acids is 2. The second-order valence-electron chi connectivity index (χ2n) is 5.17. The number of rotatable bonds is 9. The highest BCUT2D eigenvalue weighted by Crippen LogP contribution is 2.23. The molecule has 0 aliphatic rings. The fourth-order valence-electron chi connectivity index (χ4n) is 2.06. The van der Waals surface area contributed by atoms with Gasteiger partial charge in [0.25, 0.3) is 0 Å². The van der Waals surface area contributed by atoms with Gasteiger partial charge in [0.05, 0.1) is 16.5 Å². The Labute approximate surface area is 152 Å². The van der Waals surface area contributed by atoms with Crippen LogP contribution in [-0.2, 0) is 16.0 Å². The minimum atomic E-state index is -0.679. The lowest BCUT2D eigenvalue weighted by Crippen LogP contribution is -2.47. The SMILES string of the molecule is CSC(C[C@H](N)C(=O)NC(=O)C(CS)Cc1ccccc1)SC. The smallest absolute Gasteiger partial charge is 0.243 e. The number of nitrogens with two attached hydrogens (primary N) is 1. The fourth-order valence-corrected chi connectivity index (χ4v) is 3.92. The van der Waals surface area contributed by atoms with Gasteiger partial charge in [-0.1, -0.05) is 30.3 Å². The lowest BCUT2D eigenvalue weighted by atomic mass is 10.00. The Morgan fingerprint density at radius 1 is 1.17 bits per heavy atom. The van der Waals surface area contributed by atoms with Crippen LogP contribution in [0.4, 0.5) is 0 Å². The molecule has 0 spiro atoms. The summed E-state index contributed by atoms with van der Waals surface area (Å²) in [6.45, 7) is 0. The number of nitrogens with one attached hydrogen (secondary N) is 1. The van der Waals surface area contributed by atoms with Gasteiger partial charge in [0, 0.05) is 5.75 Å². The van der Waals surface area contributed by atoms with Crippen molar-refractivity contribution in [1.82, 2.24) is 5.32 Å². The van der Waals surface area contributed by atoms with Gasteiger partial charge in [-0.3, -0.25) is 14.9 Å². The Bertz CT molecular complexity index is 495. The molecule has 4 nitrogen and oxygen atoms in total. The summed E-state index contributed by atoms with van der Waals surface area (Å²) in [5.74, 6) is -0.701. The number of thioether (sulfide) groups is 2. The van der Waals surface area contributed by atoms with Crippen molar-refractivity contribution >= 4 is 48.0 Å². The number of hydrogen-bond donors (Lipinski definition) is 3. The maximum Gasteiger partial charge on any atom is 0.243 e. The van der Waals surface area contributed by atoms with Crippen LogP contribution in [0.15, 0.2) is 30.3 Å². The van der Waals surface area contributed by atoms with E-state index in [1.807, 2.05) is 42.8 Å². The van der Waals surface area contributed by atoms with Gasteiger partial charge in [0.1, 0.15) is 0 Å². The molecule has 1 aromatic rings. The first-order chi connectivity index (χ1) is 11.0. The van der Waals surface area contributed by atoms with Gasteiger partial charge in [-0.05, 0) is 30.9 Å². The number of imide groups is 1. The van der Waals surface area contributed by atoms with E-state index >= 15 is 0 Å². The normalized spacial score (nSPS) is 13.6. The molecule has 0 aromatic heterocycles. The Balaban J connectivity index is 2.56. The Hall–Kier alpha value is -0.630. The first-order valence-corrected chi connectivity index (χ1v) is 10.5. The lowest BCUT2D eigenvalue weighted by Gasteiger charge is -2.19. The molecule has 0 radical (unpaired) electrons. The quantitative estimate of drug-likeness (QED) is 0.458. The molecule has 0 fully saturated rings. The maximum absolute atomic E-state index is 12.3. The van der Waals surface area contributed by atoms with Crippen molar-refractivity contribution in [1.29, 1.82) is 0 Å². The van der Waals surface area contributed by atoms with E-state index in [1.54, 1.807) is 23.5 Å². The first kappa shape index (κ1) is 20.4. The first-order valence-electron chi connectivity index (χ1n) is 7.32. The second-order valence-corrected chi connectivity index (χ2v) is 7.91. The summed E-state index contributed by atoms with van der Waals surface area (Å²) in [6.07, 6.45) is 5.05. The van der Waals surface area contributed by atoms with Gasteiger partial charge in [0.2, 0.25) is 11.8 Å². The van der Waals surface area contributed by atoms with Crippen LogP contribution >= 0.6 is 36.2 Å². The summed E-state index contributed by atoms with van der Waals surface area (Å²) in [5, 5.41) is 2.43. The molecule has 0 aliphatic carbocycles. The largest absolute Gasteiger partial charge is 0.320 e. The van der Waals surface area contributed by atoms with Gasteiger partial charge in [0.15, 0.2) is 0 Å². The summed E-state index contributed by atoms with van der Waals surface area (Å²) >= 11 is 7.54. The molecule has 7 heteroatoms. The van der Waals surface area contributed by atoms with Gasteiger partial charge in [-0.15, -0.1) is 0 Å². The molecular formula is C16H24N2O2S3. The molecule has 2 atom stereocenters. The standard InChI is InChI=1S/C16H24N2O2S3/c1-22-14(23-2)9-13(17)16(20)18-15(19)12(10-21)8-11-6-4-3-5-7-11/h3-7,12-14,21H,8-10,17H2,1-2H3,(H,18,19,20)/t12?,13-/m0/s1. The van der Waals surface area contributed by atoms with Gasteiger partial charge in [-0.2, -0.15) is 36.2 Å². The predicted molar refractivity (Wildman–Crippen MR) is 104 cm³/mol. The molecule has 1 rings (SSSR count). The van der Waals surface area contributed by atoms with Crippen LogP contribution in [0.2, 0.25) is 0 Å². The van der Waals surface area contributed by atoms with Crippen LogP contribution in [0.5, 0.6) is 0 Å². The van der Waals surface area contributed by atoms with E-state index in [4.69, 9.17) is 5.73 Å². The van der Waals surface area contributed by atoms with Crippen LogP contribution in [-0.4, -0.2) is 40.7 Å². The van der Waals surface area contributed by atoms with E-state index in [0.717, 1.165) is 5.56 Å². The van der Waals surface area contributed by atoms with Crippen LogP contribution in [0.3, 0.4) is 0 Å². The third-order valence-corrected chi connectivity index (χ3v) is 6.50. The number of carbonyl (C=O) groups is 2. The topological polar surface area (TPSA) is 72.2 Å². The molecule has 0 aliphatic heterocycles. The minimum Gasteiger partial charge on any atom is -0.320 e. The van der Waals surface area contributed by atoms with Crippen molar-refractivity contribution in [3.8, 4) is 0 Å². The molecule has 0 bridgehead atoms. The zero-order chi connectivity index (χ0) is 17.2. The van der Waals surface area contributed by atoms with E-state index in [1.165, 1.54) is 0 Å². The molecule has 1 aromatic carbocycles. The van der Waals surface area contributed by atoms with Crippen molar-refractivity contribution in [3.05, 3.63) is 35.9 Å². The van der Waals surface area contributed by atoms with Crippen molar-refractivity contribution in [3.63, 3.8) is 0 Å². The van der Waals surface area contributed by atoms with Crippen LogP contribution < -0.4 is 11.1 Å². The molecule has 0 saturated heterocycles. The zero-order valence-electron chi connectivity index (χ0n) is 13.4. The van der Waals surface area contributed by atoms with Crippen LogP contribution in [0.1, 0.15) is 12.0 Å². The van der Waals surface area contributed by atoms with Crippen LogP contribution in [0, 0.1) is 5.92 Å². The monoisotopic (exact) mass is 372 g/mol. The van der Waals surface area contributed by atoms with Gasteiger partial charge in [-0.25, -0.2) is 0 Å². The highest BCUT2D eigenvalue weighted by Gasteiger charge is 2.24. The van der Waals surface area contributed by atoms with Gasteiger partial charge < -0.3 is 5.73 Å². The molecule has 2 amide bonds. The number of hydrogen-bond acceptors (Lipinski definition) is 6. The fraction of sp³-hybridized carbons (Fsp3) is 0.500. The zero-order valence-corrected chi connectivity index (χ0v) is 15.9. The summed E-state index contributed by atoms with van der Waals surface area (Å²) in [5.41, 5.74) is 6.95. The average Bonchev–Trinajstić information content (AvgIpc) is 2.57. The molecule has 128 valence electrons. The van der Waals surface area contributed by atoms with E-state index in [2.05, 4.69) is 17.9 Å². The summed E-state index contributed by atoms with van der Waals surface area (Å²) in [4.78, 5) is 24.4. The van der Waals surface area contributed by atoms with Crippen molar-refractivity contribution < 1.29 is 9.59 Å². The number of thiol groups is 1. The number of benzene rings is 1. The summed E-state index contributed by atoms with van der Waals surface area (Å²) in [7, 11) is 0. The Morgan fingerprint density at radius 3 is 2.30 bits per heavy atom.